The first kappa shape index (κ1) is 14.9. The number of sulfonamides is 1. The van der Waals surface area contributed by atoms with Crippen LogP contribution in [0.25, 0.3) is 0 Å². The highest BCUT2D eigenvalue weighted by molar-refractivity contribution is 7.92. The Balaban J connectivity index is 2.43. The number of benzene rings is 2. The van der Waals surface area contributed by atoms with E-state index in [1.807, 2.05) is 4.72 Å². The molecule has 0 saturated heterocycles. The van der Waals surface area contributed by atoms with Gasteiger partial charge in [-0.05, 0) is 30.3 Å². The molecule has 0 heterocycles. The lowest BCUT2D eigenvalue weighted by atomic mass is 10.2. The summed E-state index contributed by atoms with van der Waals surface area (Å²) in [6.07, 6.45) is 0. The molecule has 2 aromatic rings. The van der Waals surface area contributed by atoms with Gasteiger partial charge in [-0.15, -0.1) is 0 Å². The monoisotopic (exact) mass is 313 g/mol. The van der Waals surface area contributed by atoms with Gasteiger partial charge in [-0.25, -0.2) is 22.0 Å². The van der Waals surface area contributed by atoms with Crippen molar-refractivity contribution in [3.63, 3.8) is 0 Å². The number of hydrogen-bond donors (Lipinski definition) is 2. The average molecular weight is 313 g/mol. The average Bonchev–Trinajstić information content (AvgIpc) is 2.37. The van der Waals surface area contributed by atoms with E-state index in [1.54, 1.807) is 0 Å². The lowest BCUT2D eigenvalue weighted by Crippen LogP contribution is -2.16. The number of carbonyl (C=O) groups is 1. The van der Waals surface area contributed by atoms with Crippen LogP contribution in [0.2, 0.25) is 0 Å². The van der Waals surface area contributed by atoms with Crippen LogP contribution in [0, 0.1) is 11.6 Å². The molecule has 0 aliphatic heterocycles. The minimum atomic E-state index is -4.51. The Labute approximate surface area is 118 Å². The van der Waals surface area contributed by atoms with Gasteiger partial charge in [-0.2, -0.15) is 0 Å². The van der Waals surface area contributed by atoms with Crippen molar-refractivity contribution in [3.05, 3.63) is 59.7 Å². The van der Waals surface area contributed by atoms with Crippen molar-refractivity contribution >= 4 is 21.7 Å². The molecular weight excluding hydrogens is 304 g/mol. The van der Waals surface area contributed by atoms with Crippen molar-refractivity contribution in [2.24, 2.45) is 0 Å². The van der Waals surface area contributed by atoms with Gasteiger partial charge in [0.1, 0.15) is 11.6 Å². The van der Waals surface area contributed by atoms with E-state index in [2.05, 4.69) is 0 Å². The molecule has 0 bridgehead atoms. The molecule has 0 atom stereocenters. The molecule has 2 aromatic carbocycles. The number of aromatic carboxylic acids is 1. The van der Waals surface area contributed by atoms with Crippen molar-refractivity contribution < 1.29 is 27.1 Å². The van der Waals surface area contributed by atoms with Crippen LogP contribution in [-0.2, 0) is 10.0 Å². The van der Waals surface area contributed by atoms with Crippen LogP contribution in [-0.4, -0.2) is 19.5 Å². The van der Waals surface area contributed by atoms with Crippen molar-refractivity contribution in [1.82, 2.24) is 0 Å². The molecule has 2 rings (SSSR count). The van der Waals surface area contributed by atoms with E-state index in [4.69, 9.17) is 5.11 Å². The van der Waals surface area contributed by atoms with Crippen LogP contribution in [0.1, 0.15) is 10.4 Å². The third kappa shape index (κ3) is 3.16. The van der Waals surface area contributed by atoms with Gasteiger partial charge in [0.15, 0.2) is 4.90 Å². The molecule has 0 fully saturated rings. The molecule has 21 heavy (non-hydrogen) atoms. The number of rotatable bonds is 4. The van der Waals surface area contributed by atoms with Gasteiger partial charge < -0.3 is 5.11 Å². The second-order valence-corrected chi connectivity index (χ2v) is 5.66. The van der Waals surface area contributed by atoms with Gasteiger partial charge in [0.25, 0.3) is 10.0 Å². The van der Waals surface area contributed by atoms with Crippen LogP contribution in [0.5, 0.6) is 0 Å². The summed E-state index contributed by atoms with van der Waals surface area (Å²) in [4.78, 5) is 9.68. The summed E-state index contributed by atoms with van der Waals surface area (Å²) in [6, 6.07) is 7.52. The fourth-order valence-electron chi connectivity index (χ4n) is 1.66. The Morgan fingerprint density at radius 3 is 2.19 bits per heavy atom. The van der Waals surface area contributed by atoms with Crippen LogP contribution in [0.4, 0.5) is 14.5 Å². The molecule has 0 aromatic heterocycles. The lowest BCUT2D eigenvalue weighted by Gasteiger charge is -2.10. The first-order valence-corrected chi connectivity index (χ1v) is 7.10. The Kier molecular flexibility index (Phi) is 3.90. The fourth-order valence-corrected chi connectivity index (χ4v) is 2.85. The van der Waals surface area contributed by atoms with E-state index in [0.717, 1.165) is 24.3 Å². The van der Waals surface area contributed by atoms with E-state index in [1.165, 1.54) is 18.2 Å². The van der Waals surface area contributed by atoms with Gasteiger partial charge in [-0.3, -0.25) is 4.72 Å². The van der Waals surface area contributed by atoms with Crippen molar-refractivity contribution in [2.45, 2.75) is 4.90 Å². The highest BCUT2D eigenvalue weighted by Gasteiger charge is 2.24. The van der Waals surface area contributed by atoms with Gasteiger partial charge in [-0.1, -0.05) is 12.1 Å². The summed E-state index contributed by atoms with van der Waals surface area (Å²) in [5.74, 6) is -3.73. The number of carboxylic acids is 1. The van der Waals surface area contributed by atoms with Crippen LogP contribution in [0.3, 0.4) is 0 Å². The molecule has 0 amide bonds. The molecule has 8 heteroatoms. The number of hydrogen-bond acceptors (Lipinski definition) is 3. The molecule has 110 valence electrons. The minimum Gasteiger partial charge on any atom is -0.478 e. The lowest BCUT2D eigenvalue weighted by molar-refractivity contribution is 0.0697. The maximum absolute atomic E-state index is 13.5. The first-order chi connectivity index (χ1) is 9.81. The minimum absolute atomic E-state index is 0.113. The highest BCUT2D eigenvalue weighted by Crippen LogP contribution is 2.22. The van der Waals surface area contributed by atoms with Gasteiger partial charge in [0.2, 0.25) is 0 Å². The SMILES string of the molecule is O=C(O)c1cccc(NS(=O)(=O)c2c(F)cccc2F)c1. The number of nitrogens with one attached hydrogen (secondary N) is 1. The predicted octanol–water partition coefficient (Wildman–Crippen LogP) is 2.46. The van der Waals surface area contributed by atoms with Gasteiger partial charge in [0, 0.05) is 5.69 Å². The molecule has 0 aliphatic carbocycles. The summed E-state index contributed by atoms with van der Waals surface area (Å²) in [6.45, 7) is 0. The molecular formula is C13H9F2NO4S. The van der Waals surface area contributed by atoms with Gasteiger partial charge >= 0.3 is 5.97 Å². The van der Waals surface area contributed by atoms with Crippen LogP contribution >= 0.6 is 0 Å². The van der Waals surface area contributed by atoms with Crippen LogP contribution < -0.4 is 4.72 Å². The van der Waals surface area contributed by atoms with Gasteiger partial charge in [0.05, 0.1) is 5.56 Å². The molecule has 0 aliphatic rings. The maximum atomic E-state index is 13.5. The van der Waals surface area contributed by atoms with E-state index in [-0.39, 0.29) is 11.3 Å². The molecule has 0 spiro atoms. The number of anilines is 1. The summed E-state index contributed by atoms with van der Waals surface area (Å²) >= 11 is 0. The van der Waals surface area contributed by atoms with E-state index in [0.29, 0.717) is 0 Å². The molecule has 2 N–H and O–H groups in total. The smallest absolute Gasteiger partial charge is 0.335 e. The van der Waals surface area contributed by atoms with Crippen molar-refractivity contribution in [1.29, 1.82) is 0 Å². The largest absolute Gasteiger partial charge is 0.478 e. The summed E-state index contributed by atoms with van der Waals surface area (Å²) in [5.41, 5.74) is -0.276. The Hall–Kier alpha value is -2.48. The summed E-state index contributed by atoms with van der Waals surface area (Å²) in [7, 11) is -4.51. The van der Waals surface area contributed by atoms with E-state index in [9.17, 15) is 22.0 Å². The Morgan fingerprint density at radius 2 is 1.62 bits per heavy atom. The van der Waals surface area contributed by atoms with E-state index < -0.39 is 32.5 Å². The zero-order valence-corrected chi connectivity index (χ0v) is 11.2. The second kappa shape index (κ2) is 5.49. The Bertz CT molecular complexity index is 785. The first-order valence-electron chi connectivity index (χ1n) is 5.61. The third-order valence-electron chi connectivity index (χ3n) is 2.55. The fraction of sp³-hybridized carbons (Fsp3) is 0. The third-order valence-corrected chi connectivity index (χ3v) is 3.98. The van der Waals surface area contributed by atoms with Crippen LogP contribution in [0.15, 0.2) is 47.4 Å². The topological polar surface area (TPSA) is 83.5 Å². The second-order valence-electron chi connectivity index (χ2n) is 4.04. The molecule has 0 unspecified atom stereocenters. The standard InChI is InChI=1S/C13H9F2NO4S/c14-10-5-2-6-11(15)12(10)21(19,20)16-9-4-1-3-8(7-9)13(17)18/h1-7,16H,(H,17,18). The molecule has 0 radical (unpaired) electrons. The predicted molar refractivity (Wildman–Crippen MR) is 70.6 cm³/mol. The summed E-state index contributed by atoms with van der Waals surface area (Å²) in [5, 5.41) is 8.82. The molecule has 0 saturated carbocycles. The Morgan fingerprint density at radius 1 is 1.05 bits per heavy atom. The maximum Gasteiger partial charge on any atom is 0.335 e. The summed E-state index contributed by atoms with van der Waals surface area (Å²) < 4.78 is 52.9. The van der Waals surface area contributed by atoms with Crippen molar-refractivity contribution in [2.75, 3.05) is 4.72 Å². The van der Waals surface area contributed by atoms with Crippen molar-refractivity contribution in [3.8, 4) is 0 Å². The quantitative estimate of drug-likeness (QED) is 0.908. The molecule has 5 nitrogen and oxygen atoms in total. The highest BCUT2D eigenvalue weighted by atomic mass is 32.2. The van der Waals surface area contributed by atoms with E-state index >= 15 is 0 Å². The normalized spacial score (nSPS) is 11.1. The number of halogens is 2. The zero-order valence-electron chi connectivity index (χ0n) is 10.4. The zero-order chi connectivity index (χ0) is 15.6. The number of carboxylic acid groups (broad SMARTS) is 1.